The van der Waals surface area contributed by atoms with Crippen molar-refractivity contribution in [1.29, 1.82) is 0 Å². The molecule has 1 unspecified atom stereocenters. The molecule has 3 rings (SSSR count). The predicted molar refractivity (Wildman–Crippen MR) is 69.2 cm³/mol. The smallest absolute Gasteiger partial charge is 0.160 e. The van der Waals surface area contributed by atoms with Crippen molar-refractivity contribution in [1.82, 2.24) is 14.5 Å². The van der Waals surface area contributed by atoms with Gasteiger partial charge in [0, 0.05) is 25.2 Å². The van der Waals surface area contributed by atoms with E-state index in [0.29, 0.717) is 12.5 Å². The Morgan fingerprint density at radius 3 is 3.00 bits per heavy atom. The molecule has 1 saturated carbocycles. The molecule has 0 aliphatic heterocycles. The van der Waals surface area contributed by atoms with Crippen LogP contribution in [-0.2, 0) is 6.42 Å². The molecule has 0 aromatic carbocycles. The van der Waals surface area contributed by atoms with Crippen LogP contribution < -0.4 is 5.73 Å². The van der Waals surface area contributed by atoms with Gasteiger partial charge >= 0.3 is 0 Å². The van der Waals surface area contributed by atoms with Gasteiger partial charge in [-0.25, -0.2) is 9.97 Å². The number of pyridine rings is 1. The second-order valence-electron chi connectivity index (χ2n) is 5.35. The minimum Gasteiger partial charge on any atom is -0.388 e. The molecule has 0 amide bonds. The number of hydrogen-bond acceptors (Lipinski definition) is 4. The summed E-state index contributed by atoms with van der Waals surface area (Å²) in [6.45, 7) is 1.98. The summed E-state index contributed by atoms with van der Waals surface area (Å²) in [4.78, 5) is 9.00. The summed E-state index contributed by atoms with van der Waals surface area (Å²) >= 11 is 0. The number of rotatable bonds is 4. The van der Waals surface area contributed by atoms with Gasteiger partial charge in [-0.1, -0.05) is 0 Å². The Bertz CT molecular complexity index is 571. The van der Waals surface area contributed by atoms with E-state index in [9.17, 15) is 5.11 Å². The number of nitrogens with zero attached hydrogens (tertiary/aromatic N) is 3. The lowest BCUT2D eigenvalue weighted by molar-refractivity contribution is 0.0667. The third-order valence-electron chi connectivity index (χ3n) is 3.41. The lowest BCUT2D eigenvalue weighted by atomic mass is 10.0. The van der Waals surface area contributed by atoms with Crippen molar-refractivity contribution < 1.29 is 5.11 Å². The van der Waals surface area contributed by atoms with E-state index in [-0.39, 0.29) is 6.54 Å². The van der Waals surface area contributed by atoms with E-state index in [1.54, 1.807) is 13.1 Å². The lowest BCUT2D eigenvalue weighted by Crippen LogP contribution is -2.37. The van der Waals surface area contributed by atoms with Gasteiger partial charge in [0.25, 0.3) is 0 Å². The Labute approximate surface area is 106 Å². The molecule has 1 atom stereocenters. The third kappa shape index (κ3) is 2.00. The maximum atomic E-state index is 10.1. The fraction of sp³-hybridized carbons (Fsp3) is 0.538. The third-order valence-corrected chi connectivity index (χ3v) is 3.41. The SMILES string of the molecule is CC(O)(CN)Cc1nc2cccnc2n1C1CC1. The molecule has 2 aromatic rings. The largest absolute Gasteiger partial charge is 0.388 e. The van der Waals surface area contributed by atoms with Crippen LogP contribution in [0.25, 0.3) is 11.2 Å². The topological polar surface area (TPSA) is 77.0 Å². The molecule has 96 valence electrons. The molecule has 1 fully saturated rings. The summed E-state index contributed by atoms with van der Waals surface area (Å²) < 4.78 is 2.17. The van der Waals surface area contributed by atoms with Crippen LogP contribution >= 0.6 is 0 Å². The highest BCUT2D eigenvalue weighted by Crippen LogP contribution is 2.38. The van der Waals surface area contributed by atoms with Crippen LogP contribution in [0.3, 0.4) is 0 Å². The molecule has 0 spiro atoms. The summed E-state index contributed by atoms with van der Waals surface area (Å²) in [5, 5.41) is 10.1. The van der Waals surface area contributed by atoms with E-state index in [1.165, 1.54) is 12.8 Å². The fourth-order valence-electron chi connectivity index (χ4n) is 2.23. The Balaban J connectivity index is 2.07. The number of aromatic nitrogens is 3. The summed E-state index contributed by atoms with van der Waals surface area (Å²) in [7, 11) is 0. The van der Waals surface area contributed by atoms with Gasteiger partial charge < -0.3 is 15.4 Å². The quantitative estimate of drug-likeness (QED) is 0.844. The number of imidazole rings is 1. The maximum Gasteiger partial charge on any atom is 0.160 e. The molecule has 18 heavy (non-hydrogen) atoms. The molecule has 5 nitrogen and oxygen atoms in total. The van der Waals surface area contributed by atoms with Crippen molar-refractivity contribution in [3.63, 3.8) is 0 Å². The number of hydrogen-bond donors (Lipinski definition) is 2. The van der Waals surface area contributed by atoms with E-state index in [0.717, 1.165) is 17.0 Å². The van der Waals surface area contributed by atoms with Crippen LogP contribution in [0.1, 0.15) is 31.6 Å². The highest BCUT2D eigenvalue weighted by Gasteiger charge is 2.31. The minimum absolute atomic E-state index is 0.230. The van der Waals surface area contributed by atoms with E-state index < -0.39 is 5.60 Å². The van der Waals surface area contributed by atoms with Gasteiger partial charge in [-0.2, -0.15) is 0 Å². The molecule has 0 saturated heterocycles. The van der Waals surface area contributed by atoms with Gasteiger partial charge in [0.1, 0.15) is 11.3 Å². The standard InChI is InChI=1S/C13H18N4O/c1-13(18,8-14)7-11-16-10-3-2-6-15-12(10)17(11)9-4-5-9/h2-3,6,9,18H,4-5,7-8,14H2,1H3. The van der Waals surface area contributed by atoms with Gasteiger partial charge in [-0.3, -0.25) is 0 Å². The molecule has 1 aliphatic rings. The first kappa shape index (κ1) is 11.6. The second kappa shape index (κ2) is 4.03. The van der Waals surface area contributed by atoms with Crippen LogP contribution in [0.15, 0.2) is 18.3 Å². The molecule has 2 heterocycles. The molecule has 2 aromatic heterocycles. The van der Waals surface area contributed by atoms with Crippen LogP contribution in [0.4, 0.5) is 0 Å². The summed E-state index contributed by atoms with van der Waals surface area (Å²) in [6.07, 6.45) is 4.59. The Morgan fingerprint density at radius 1 is 1.56 bits per heavy atom. The molecule has 0 radical (unpaired) electrons. The number of aliphatic hydroxyl groups is 1. The molecular formula is C13H18N4O. The van der Waals surface area contributed by atoms with Gasteiger partial charge in [0.15, 0.2) is 5.65 Å². The lowest BCUT2D eigenvalue weighted by Gasteiger charge is -2.20. The average Bonchev–Trinajstić information content (AvgIpc) is 3.11. The Morgan fingerprint density at radius 2 is 2.33 bits per heavy atom. The zero-order chi connectivity index (χ0) is 12.8. The van der Waals surface area contributed by atoms with Crippen LogP contribution in [-0.4, -0.2) is 31.8 Å². The van der Waals surface area contributed by atoms with Gasteiger partial charge in [-0.15, -0.1) is 0 Å². The fourth-order valence-corrected chi connectivity index (χ4v) is 2.23. The van der Waals surface area contributed by atoms with Gasteiger partial charge in [-0.05, 0) is 31.9 Å². The first-order valence-corrected chi connectivity index (χ1v) is 6.35. The molecular weight excluding hydrogens is 228 g/mol. The second-order valence-corrected chi connectivity index (χ2v) is 5.35. The molecule has 5 heteroatoms. The van der Waals surface area contributed by atoms with Crippen molar-refractivity contribution in [2.24, 2.45) is 5.73 Å². The predicted octanol–water partition coefficient (Wildman–Crippen LogP) is 1.02. The highest BCUT2D eigenvalue weighted by molar-refractivity contribution is 5.71. The zero-order valence-corrected chi connectivity index (χ0v) is 10.5. The van der Waals surface area contributed by atoms with Crippen molar-refractivity contribution in [3.8, 4) is 0 Å². The van der Waals surface area contributed by atoms with Gasteiger partial charge in [0.05, 0.1) is 5.60 Å². The summed E-state index contributed by atoms with van der Waals surface area (Å²) in [5.41, 5.74) is 6.49. The first-order chi connectivity index (χ1) is 8.61. The van der Waals surface area contributed by atoms with E-state index in [2.05, 4.69) is 14.5 Å². The van der Waals surface area contributed by atoms with E-state index in [1.807, 2.05) is 12.1 Å². The van der Waals surface area contributed by atoms with E-state index in [4.69, 9.17) is 5.73 Å². The van der Waals surface area contributed by atoms with Crippen LogP contribution in [0.2, 0.25) is 0 Å². The van der Waals surface area contributed by atoms with Crippen molar-refractivity contribution in [2.45, 2.75) is 37.8 Å². The van der Waals surface area contributed by atoms with Crippen LogP contribution in [0, 0.1) is 0 Å². The molecule has 3 N–H and O–H groups in total. The zero-order valence-electron chi connectivity index (χ0n) is 10.5. The van der Waals surface area contributed by atoms with Gasteiger partial charge in [0.2, 0.25) is 0 Å². The normalized spacial score (nSPS) is 19.1. The van der Waals surface area contributed by atoms with Crippen molar-refractivity contribution >= 4 is 11.2 Å². The summed E-state index contributed by atoms with van der Waals surface area (Å²) in [6, 6.07) is 4.34. The summed E-state index contributed by atoms with van der Waals surface area (Å²) in [5.74, 6) is 0.890. The number of fused-ring (bicyclic) bond motifs is 1. The highest BCUT2D eigenvalue weighted by atomic mass is 16.3. The van der Waals surface area contributed by atoms with Crippen molar-refractivity contribution in [3.05, 3.63) is 24.2 Å². The monoisotopic (exact) mass is 246 g/mol. The van der Waals surface area contributed by atoms with Crippen molar-refractivity contribution in [2.75, 3.05) is 6.54 Å². The maximum absolute atomic E-state index is 10.1. The number of nitrogens with two attached hydrogens (primary N) is 1. The van der Waals surface area contributed by atoms with Crippen LogP contribution in [0.5, 0.6) is 0 Å². The molecule has 0 bridgehead atoms. The van der Waals surface area contributed by atoms with E-state index >= 15 is 0 Å². The minimum atomic E-state index is -0.909. The average molecular weight is 246 g/mol. The first-order valence-electron chi connectivity index (χ1n) is 6.35. The molecule has 1 aliphatic carbocycles. The Kier molecular flexibility index (Phi) is 2.60. The Hall–Kier alpha value is -1.46.